The summed E-state index contributed by atoms with van der Waals surface area (Å²) in [6.45, 7) is 2.17. The summed E-state index contributed by atoms with van der Waals surface area (Å²) >= 11 is 0. The highest BCUT2D eigenvalue weighted by atomic mass is 16.5. The fourth-order valence-corrected chi connectivity index (χ4v) is 2.95. The molecule has 0 aliphatic rings. The highest BCUT2D eigenvalue weighted by Crippen LogP contribution is 2.17. The summed E-state index contributed by atoms with van der Waals surface area (Å²) in [6, 6.07) is 10.9. The zero-order valence-corrected chi connectivity index (χ0v) is 18.1. The second-order valence-electron chi connectivity index (χ2n) is 6.25. The van der Waals surface area contributed by atoms with Crippen LogP contribution in [-0.2, 0) is 18.8 Å². The standard InChI is InChI=1S/C11H12N2O2.C9H10N4O.H4N2.H2O/c1-3-15-11(14)8-5-4-6-9-10(8)12-7-13(9)2;1-13-5-11-8-6(9(14)12-10)3-2-4-7(8)13;1-2;/h4-7H,3H2,1-2H3;2-5H,10H2,1H3,(H,12,14);1-2H2;1H2. The first-order valence-electron chi connectivity index (χ1n) is 9.29. The Hall–Kier alpha value is -3.84. The lowest BCUT2D eigenvalue weighted by atomic mass is 10.2. The molecular formula is C20H28N8O4. The van der Waals surface area contributed by atoms with Crippen molar-refractivity contribution in [1.29, 1.82) is 0 Å². The predicted octanol–water partition coefficient (Wildman–Crippen LogP) is -0.0791. The quantitative estimate of drug-likeness (QED) is 0.145. The van der Waals surface area contributed by atoms with Crippen LogP contribution in [0, 0.1) is 0 Å². The lowest BCUT2D eigenvalue weighted by molar-refractivity contribution is 0.0528. The lowest BCUT2D eigenvalue weighted by Crippen LogP contribution is -2.30. The van der Waals surface area contributed by atoms with Crippen molar-refractivity contribution < 1.29 is 19.8 Å². The number of nitrogens with one attached hydrogen (secondary N) is 1. The van der Waals surface area contributed by atoms with E-state index in [9.17, 15) is 9.59 Å². The molecule has 2 heterocycles. The van der Waals surface area contributed by atoms with Gasteiger partial charge in [-0.3, -0.25) is 21.9 Å². The Labute approximate surface area is 184 Å². The van der Waals surface area contributed by atoms with Gasteiger partial charge in [0.15, 0.2) is 0 Å². The number of nitrogens with zero attached hydrogens (tertiary/aromatic N) is 4. The lowest BCUT2D eigenvalue weighted by Gasteiger charge is -2.02. The molecule has 4 aromatic rings. The van der Waals surface area contributed by atoms with Gasteiger partial charge in [-0.1, -0.05) is 12.1 Å². The Morgan fingerprint density at radius 1 is 0.938 bits per heavy atom. The van der Waals surface area contributed by atoms with Gasteiger partial charge in [0.1, 0.15) is 11.0 Å². The topological polar surface area (TPSA) is 201 Å². The van der Waals surface area contributed by atoms with Gasteiger partial charge in [-0.25, -0.2) is 20.6 Å². The molecule has 1 amide bonds. The van der Waals surface area contributed by atoms with Gasteiger partial charge in [0.2, 0.25) is 0 Å². The molecule has 0 saturated heterocycles. The average Bonchev–Trinajstić information content (AvgIpc) is 3.38. The molecule has 0 aliphatic carbocycles. The van der Waals surface area contributed by atoms with Gasteiger partial charge in [0.25, 0.3) is 5.91 Å². The number of para-hydroxylation sites is 2. The summed E-state index contributed by atoms with van der Waals surface area (Å²) in [5.41, 5.74) is 6.31. The fourth-order valence-electron chi connectivity index (χ4n) is 2.95. The summed E-state index contributed by atoms with van der Waals surface area (Å²) < 4.78 is 8.68. The van der Waals surface area contributed by atoms with Crippen LogP contribution in [0.1, 0.15) is 27.6 Å². The maximum Gasteiger partial charge on any atom is 0.340 e. The van der Waals surface area contributed by atoms with Crippen molar-refractivity contribution in [3.8, 4) is 0 Å². The number of carbonyl (C=O) groups excluding carboxylic acids is 2. The second-order valence-corrected chi connectivity index (χ2v) is 6.25. The molecule has 32 heavy (non-hydrogen) atoms. The SMILES string of the molecule is CCOC(=O)c1cccc2c1ncn2C.Cn1cnc2c(C(=O)NN)cccc21.NN.O. The van der Waals surface area contributed by atoms with Crippen molar-refractivity contribution >= 4 is 33.9 Å². The van der Waals surface area contributed by atoms with E-state index >= 15 is 0 Å². The number of hydrazine groups is 2. The first-order valence-corrected chi connectivity index (χ1v) is 9.29. The normalized spacial score (nSPS) is 9.69. The van der Waals surface area contributed by atoms with Gasteiger partial charge in [0, 0.05) is 14.1 Å². The summed E-state index contributed by atoms with van der Waals surface area (Å²) in [6.07, 6.45) is 3.35. The maximum absolute atomic E-state index is 11.6. The summed E-state index contributed by atoms with van der Waals surface area (Å²) in [5, 5.41) is 0. The van der Waals surface area contributed by atoms with E-state index in [1.165, 1.54) is 0 Å². The molecule has 4 rings (SSSR count). The van der Waals surface area contributed by atoms with Gasteiger partial charge < -0.3 is 19.3 Å². The number of nitrogen functional groups attached to an aromatic ring is 1. The number of carbonyl (C=O) groups is 2. The summed E-state index contributed by atoms with van der Waals surface area (Å²) in [4.78, 5) is 31.3. The minimum absolute atomic E-state index is 0. The maximum atomic E-state index is 11.6. The van der Waals surface area contributed by atoms with Gasteiger partial charge >= 0.3 is 5.97 Å². The van der Waals surface area contributed by atoms with Crippen LogP contribution in [0.25, 0.3) is 22.1 Å². The van der Waals surface area contributed by atoms with Crippen LogP contribution in [0.2, 0.25) is 0 Å². The zero-order valence-electron chi connectivity index (χ0n) is 18.1. The number of esters is 1. The molecular weight excluding hydrogens is 416 g/mol. The molecule has 0 atom stereocenters. The number of benzene rings is 2. The second kappa shape index (κ2) is 12.1. The number of aryl methyl sites for hydroxylation is 2. The van der Waals surface area contributed by atoms with E-state index in [1.54, 1.807) is 37.8 Å². The zero-order chi connectivity index (χ0) is 23.0. The number of hydrogen-bond donors (Lipinski definition) is 4. The monoisotopic (exact) mass is 444 g/mol. The van der Waals surface area contributed by atoms with E-state index in [0.29, 0.717) is 28.8 Å². The van der Waals surface area contributed by atoms with Crippen LogP contribution in [0.5, 0.6) is 0 Å². The predicted molar refractivity (Wildman–Crippen MR) is 121 cm³/mol. The molecule has 0 aliphatic heterocycles. The van der Waals surface area contributed by atoms with E-state index < -0.39 is 0 Å². The Morgan fingerprint density at radius 2 is 1.41 bits per heavy atom. The van der Waals surface area contributed by atoms with E-state index in [1.807, 2.05) is 41.4 Å². The molecule has 172 valence electrons. The largest absolute Gasteiger partial charge is 0.462 e. The molecule has 0 spiro atoms. The van der Waals surface area contributed by atoms with Crippen LogP contribution < -0.4 is 23.0 Å². The van der Waals surface area contributed by atoms with Crippen LogP contribution in [0.4, 0.5) is 0 Å². The van der Waals surface area contributed by atoms with E-state index in [-0.39, 0.29) is 17.4 Å². The number of amides is 1. The summed E-state index contributed by atoms with van der Waals surface area (Å²) in [5.74, 6) is 12.4. The number of rotatable bonds is 3. The number of ether oxygens (including phenoxy) is 1. The molecule has 0 bridgehead atoms. The van der Waals surface area contributed by atoms with Crippen LogP contribution in [0.3, 0.4) is 0 Å². The number of aromatic nitrogens is 4. The van der Waals surface area contributed by atoms with Crippen molar-refractivity contribution in [2.45, 2.75) is 6.92 Å². The number of nitrogens with two attached hydrogens (primary N) is 3. The van der Waals surface area contributed by atoms with Crippen LogP contribution in [-0.4, -0.2) is 43.1 Å². The third-order valence-corrected chi connectivity index (χ3v) is 4.38. The molecule has 0 saturated carbocycles. The Balaban J connectivity index is 0.000000289. The molecule has 0 fully saturated rings. The molecule has 12 nitrogen and oxygen atoms in total. The fraction of sp³-hybridized carbons (Fsp3) is 0.200. The third kappa shape index (κ3) is 5.44. The van der Waals surface area contributed by atoms with Crippen molar-refractivity contribution in [2.75, 3.05) is 6.61 Å². The van der Waals surface area contributed by atoms with Crippen LogP contribution in [0.15, 0.2) is 49.1 Å². The molecule has 2 aromatic heterocycles. The van der Waals surface area contributed by atoms with Crippen LogP contribution >= 0.6 is 0 Å². The minimum Gasteiger partial charge on any atom is -0.462 e. The van der Waals surface area contributed by atoms with Crippen molar-refractivity contribution in [1.82, 2.24) is 24.5 Å². The Bertz CT molecular complexity index is 1180. The highest BCUT2D eigenvalue weighted by molar-refractivity contribution is 6.04. The van der Waals surface area contributed by atoms with Crippen molar-refractivity contribution in [2.24, 2.45) is 31.6 Å². The minimum atomic E-state index is -0.325. The van der Waals surface area contributed by atoms with E-state index in [0.717, 1.165) is 11.0 Å². The van der Waals surface area contributed by atoms with E-state index in [2.05, 4.69) is 27.1 Å². The number of hydrogen-bond acceptors (Lipinski definition) is 8. The van der Waals surface area contributed by atoms with E-state index in [4.69, 9.17) is 10.6 Å². The number of fused-ring (bicyclic) bond motifs is 2. The Morgan fingerprint density at radius 3 is 1.88 bits per heavy atom. The van der Waals surface area contributed by atoms with Gasteiger partial charge in [-0.15, -0.1) is 0 Å². The number of imidazole rings is 2. The molecule has 0 unspecified atom stereocenters. The van der Waals surface area contributed by atoms with Gasteiger partial charge in [0.05, 0.1) is 41.4 Å². The Kier molecular flexibility index (Phi) is 9.92. The van der Waals surface area contributed by atoms with Crippen molar-refractivity contribution in [3.05, 3.63) is 60.2 Å². The molecule has 2 aromatic carbocycles. The van der Waals surface area contributed by atoms with Gasteiger partial charge in [-0.05, 0) is 31.2 Å². The van der Waals surface area contributed by atoms with Crippen molar-refractivity contribution in [3.63, 3.8) is 0 Å². The first-order chi connectivity index (χ1) is 15.0. The molecule has 9 N–H and O–H groups in total. The average molecular weight is 444 g/mol. The highest BCUT2D eigenvalue weighted by Gasteiger charge is 2.13. The molecule has 12 heteroatoms. The third-order valence-electron chi connectivity index (χ3n) is 4.38. The first kappa shape index (κ1) is 26.2. The molecule has 0 radical (unpaired) electrons. The summed E-state index contributed by atoms with van der Waals surface area (Å²) in [7, 11) is 3.77. The smallest absolute Gasteiger partial charge is 0.340 e. The van der Waals surface area contributed by atoms with Gasteiger partial charge in [-0.2, -0.15) is 0 Å².